The number of likely N-dealkylation sites (tertiary alicyclic amines) is 1. The fraction of sp³-hybridized carbons (Fsp3) is 0.533. The standard InChI is InChI=1S/C15H22N2O4S/c1-21-14(13-7-3-2-4-8-13)15(18)17-9-5-6-12(10-17)11-22(16,19)20/h2-4,7-8,12,14H,5-6,9-11H2,1H3,(H2,16,19,20). The van der Waals surface area contributed by atoms with Gasteiger partial charge in [0.15, 0.2) is 6.10 Å². The van der Waals surface area contributed by atoms with Crippen LogP contribution in [0, 0.1) is 5.92 Å². The summed E-state index contributed by atoms with van der Waals surface area (Å²) in [5, 5.41) is 5.11. The fourth-order valence-electron chi connectivity index (χ4n) is 2.90. The van der Waals surface area contributed by atoms with Gasteiger partial charge >= 0.3 is 0 Å². The maximum Gasteiger partial charge on any atom is 0.256 e. The third-order valence-corrected chi connectivity index (χ3v) is 4.80. The SMILES string of the molecule is COC(C(=O)N1CCCC(CS(N)(=O)=O)C1)c1ccccc1. The fourth-order valence-corrected chi connectivity index (χ4v) is 3.83. The van der Waals surface area contributed by atoms with Gasteiger partial charge in [-0.15, -0.1) is 0 Å². The van der Waals surface area contributed by atoms with Crippen LogP contribution < -0.4 is 5.14 Å². The lowest BCUT2D eigenvalue weighted by Gasteiger charge is -2.34. The highest BCUT2D eigenvalue weighted by atomic mass is 32.2. The van der Waals surface area contributed by atoms with Crippen LogP contribution in [0.4, 0.5) is 0 Å². The van der Waals surface area contributed by atoms with E-state index < -0.39 is 16.1 Å². The Morgan fingerprint density at radius 2 is 2.09 bits per heavy atom. The van der Waals surface area contributed by atoms with E-state index >= 15 is 0 Å². The maximum atomic E-state index is 12.7. The lowest BCUT2D eigenvalue weighted by atomic mass is 9.98. The second-order valence-corrected chi connectivity index (χ2v) is 7.31. The average Bonchev–Trinajstić information content (AvgIpc) is 2.47. The largest absolute Gasteiger partial charge is 0.367 e. The summed E-state index contributed by atoms with van der Waals surface area (Å²) in [6, 6.07) is 9.28. The number of nitrogens with two attached hydrogens (primary N) is 1. The average molecular weight is 326 g/mol. The Hall–Kier alpha value is -1.44. The smallest absolute Gasteiger partial charge is 0.256 e. The summed E-state index contributed by atoms with van der Waals surface area (Å²) in [4.78, 5) is 14.3. The third kappa shape index (κ3) is 4.53. The van der Waals surface area contributed by atoms with Gasteiger partial charge in [-0.3, -0.25) is 4.79 Å². The summed E-state index contributed by atoms with van der Waals surface area (Å²) in [7, 11) is -2.02. The molecule has 1 aromatic rings. The number of piperidine rings is 1. The van der Waals surface area contributed by atoms with Crippen molar-refractivity contribution in [2.75, 3.05) is 26.0 Å². The molecule has 1 heterocycles. The number of hydrogen-bond acceptors (Lipinski definition) is 4. The van der Waals surface area contributed by atoms with Crippen LogP contribution in [0.5, 0.6) is 0 Å². The lowest BCUT2D eigenvalue weighted by Crippen LogP contribution is -2.44. The first-order valence-corrected chi connectivity index (χ1v) is 8.99. The Kier molecular flexibility index (Phi) is 5.55. The number of sulfonamides is 1. The summed E-state index contributed by atoms with van der Waals surface area (Å²) >= 11 is 0. The second-order valence-electron chi connectivity index (χ2n) is 5.65. The molecule has 0 spiro atoms. The molecule has 6 nitrogen and oxygen atoms in total. The van der Waals surface area contributed by atoms with Crippen LogP contribution in [0.25, 0.3) is 0 Å². The van der Waals surface area contributed by atoms with Crippen molar-refractivity contribution in [3.63, 3.8) is 0 Å². The number of amides is 1. The van der Waals surface area contributed by atoms with Crippen LogP contribution in [0.1, 0.15) is 24.5 Å². The number of rotatable bonds is 5. The van der Waals surface area contributed by atoms with Gasteiger partial charge in [-0.05, 0) is 24.3 Å². The second kappa shape index (κ2) is 7.21. The Morgan fingerprint density at radius 1 is 1.41 bits per heavy atom. The Labute approximate surface area is 131 Å². The van der Waals surface area contributed by atoms with E-state index in [4.69, 9.17) is 9.88 Å². The summed E-state index contributed by atoms with van der Waals surface area (Å²) < 4.78 is 27.8. The minimum absolute atomic E-state index is 0.0836. The zero-order valence-corrected chi connectivity index (χ0v) is 13.5. The molecule has 1 saturated heterocycles. The number of benzene rings is 1. The molecule has 7 heteroatoms. The molecular formula is C15H22N2O4S. The minimum Gasteiger partial charge on any atom is -0.367 e. The van der Waals surface area contributed by atoms with Crippen molar-refractivity contribution >= 4 is 15.9 Å². The van der Waals surface area contributed by atoms with E-state index in [1.807, 2.05) is 30.3 Å². The van der Waals surface area contributed by atoms with Gasteiger partial charge < -0.3 is 9.64 Å². The van der Waals surface area contributed by atoms with Crippen molar-refractivity contribution in [3.05, 3.63) is 35.9 Å². The molecule has 0 bridgehead atoms. The van der Waals surface area contributed by atoms with E-state index in [1.165, 1.54) is 7.11 Å². The van der Waals surface area contributed by atoms with Crippen molar-refractivity contribution in [2.45, 2.75) is 18.9 Å². The van der Waals surface area contributed by atoms with E-state index in [0.717, 1.165) is 18.4 Å². The van der Waals surface area contributed by atoms with Gasteiger partial charge in [-0.25, -0.2) is 13.6 Å². The minimum atomic E-state index is -3.52. The quantitative estimate of drug-likeness (QED) is 0.870. The van der Waals surface area contributed by atoms with Crippen LogP contribution in [0.3, 0.4) is 0 Å². The first kappa shape index (κ1) is 16.9. The van der Waals surface area contributed by atoms with Crippen molar-refractivity contribution in [2.24, 2.45) is 11.1 Å². The highest BCUT2D eigenvalue weighted by Gasteiger charge is 2.31. The molecule has 0 saturated carbocycles. The van der Waals surface area contributed by atoms with Crippen LogP contribution in [0.15, 0.2) is 30.3 Å². The summed E-state index contributed by atoms with van der Waals surface area (Å²) in [6.07, 6.45) is 0.884. The van der Waals surface area contributed by atoms with E-state index in [1.54, 1.807) is 4.90 Å². The number of primary sulfonamides is 1. The van der Waals surface area contributed by atoms with Gasteiger partial charge in [0.05, 0.1) is 5.75 Å². The Morgan fingerprint density at radius 3 is 2.68 bits per heavy atom. The van der Waals surface area contributed by atoms with Crippen LogP contribution >= 0.6 is 0 Å². The zero-order chi connectivity index (χ0) is 16.2. The van der Waals surface area contributed by atoms with Crippen LogP contribution in [0.2, 0.25) is 0 Å². The van der Waals surface area contributed by atoms with Crippen molar-refractivity contribution < 1.29 is 17.9 Å². The van der Waals surface area contributed by atoms with Gasteiger partial charge in [-0.2, -0.15) is 0 Å². The molecule has 0 aliphatic carbocycles. The molecule has 1 amide bonds. The monoisotopic (exact) mass is 326 g/mol. The number of nitrogens with zero attached hydrogens (tertiary/aromatic N) is 1. The number of methoxy groups -OCH3 is 1. The molecule has 2 rings (SSSR count). The Balaban J connectivity index is 2.07. The van der Waals surface area contributed by atoms with E-state index in [0.29, 0.717) is 13.1 Å². The molecule has 1 aliphatic rings. The predicted molar refractivity (Wildman–Crippen MR) is 83.5 cm³/mol. The van der Waals surface area contributed by atoms with Crippen molar-refractivity contribution in [3.8, 4) is 0 Å². The lowest BCUT2D eigenvalue weighted by molar-refractivity contribution is -0.144. The molecule has 122 valence electrons. The van der Waals surface area contributed by atoms with Gasteiger partial charge in [-0.1, -0.05) is 30.3 Å². The van der Waals surface area contributed by atoms with Crippen molar-refractivity contribution in [1.82, 2.24) is 4.90 Å². The molecule has 2 atom stereocenters. The summed E-state index contributed by atoms with van der Waals surface area (Å²) in [5.74, 6) is -0.325. The van der Waals surface area contributed by atoms with Crippen LogP contribution in [-0.2, 0) is 19.6 Å². The summed E-state index contributed by atoms with van der Waals surface area (Å²) in [6.45, 7) is 1.02. The highest BCUT2D eigenvalue weighted by Crippen LogP contribution is 2.24. The Bertz CT molecular complexity index is 603. The van der Waals surface area contributed by atoms with Gasteiger partial charge in [0.25, 0.3) is 5.91 Å². The number of hydrogen-bond donors (Lipinski definition) is 1. The molecule has 22 heavy (non-hydrogen) atoms. The van der Waals surface area contributed by atoms with Gasteiger partial charge in [0, 0.05) is 20.2 Å². The molecule has 1 aromatic carbocycles. The molecule has 2 N–H and O–H groups in total. The molecule has 0 aromatic heterocycles. The zero-order valence-electron chi connectivity index (χ0n) is 12.6. The summed E-state index contributed by atoms with van der Waals surface area (Å²) in [5.41, 5.74) is 0.795. The van der Waals surface area contributed by atoms with Gasteiger partial charge in [0.1, 0.15) is 0 Å². The van der Waals surface area contributed by atoms with E-state index in [9.17, 15) is 13.2 Å². The number of carbonyl (C=O) groups excluding carboxylic acids is 1. The van der Waals surface area contributed by atoms with Crippen molar-refractivity contribution in [1.29, 1.82) is 0 Å². The number of ether oxygens (including phenoxy) is 1. The molecular weight excluding hydrogens is 304 g/mol. The first-order chi connectivity index (χ1) is 10.4. The van der Waals surface area contributed by atoms with E-state index in [2.05, 4.69) is 0 Å². The highest BCUT2D eigenvalue weighted by molar-refractivity contribution is 7.89. The molecule has 0 radical (unpaired) electrons. The molecule has 1 aliphatic heterocycles. The normalized spacial score (nSPS) is 20.6. The maximum absolute atomic E-state index is 12.7. The topological polar surface area (TPSA) is 89.7 Å². The molecule has 1 fully saturated rings. The number of carbonyl (C=O) groups is 1. The first-order valence-electron chi connectivity index (χ1n) is 7.27. The predicted octanol–water partition coefficient (Wildman–Crippen LogP) is 0.901. The third-order valence-electron chi connectivity index (χ3n) is 3.86. The molecule has 2 unspecified atom stereocenters. The van der Waals surface area contributed by atoms with E-state index in [-0.39, 0.29) is 17.6 Å². The van der Waals surface area contributed by atoms with Gasteiger partial charge in [0.2, 0.25) is 10.0 Å². The van der Waals surface area contributed by atoms with Crippen LogP contribution in [-0.4, -0.2) is 45.2 Å².